The van der Waals surface area contributed by atoms with Gasteiger partial charge in [0, 0.05) is 17.9 Å². The van der Waals surface area contributed by atoms with Crippen LogP contribution >= 0.6 is 11.9 Å². The van der Waals surface area contributed by atoms with Crippen molar-refractivity contribution < 1.29 is 9.53 Å². The zero-order valence-corrected chi connectivity index (χ0v) is 26.7. The summed E-state index contributed by atoms with van der Waals surface area (Å²) in [4.78, 5) is 15.0. The van der Waals surface area contributed by atoms with Crippen LogP contribution in [-0.2, 0) is 11.3 Å². The largest absolute Gasteiger partial charge is 0.493 e. The average Bonchev–Trinajstić information content (AvgIpc) is 3.05. The van der Waals surface area contributed by atoms with Gasteiger partial charge in [-0.2, -0.15) is 0 Å². The Hall–Kier alpha value is -3.32. The first-order chi connectivity index (χ1) is 21.0. The minimum absolute atomic E-state index is 0.106. The Morgan fingerprint density at radius 1 is 0.930 bits per heavy atom. The van der Waals surface area contributed by atoms with Gasteiger partial charge in [-0.05, 0) is 95.9 Å². The van der Waals surface area contributed by atoms with Gasteiger partial charge in [0.05, 0.1) is 12.6 Å². The molecular weight excluding hydrogens is 550 g/mol. The van der Waals surface area contributed by atoms with Crippen LogP contribution in [0.3, 0.4) is 0 Å². The van der Waals surface area contributed by atoms with Crippen LogP contribution in [-0.4, -0.2) is 30.5 Å². The number of primary amides is 1. The summed E-state index contributed by atoms with van der Waals surface area (Å²) in [5.74, 6) is 1.46. The zero-order valence-electron chi connectivity index (χ0n) is 25.9. The van der Waals surface area contributed by atoms with E-state index in [1.165, 1.54) is 66.2 Å². The van der Waals surface area contributed by atoms with Gasteiger partial charge in [0.2, 0.25) is 5.91 Å². The smallest absolute Gasteiger partial charge is 0.219 e. The predicted octanol–water partition coefficient (Wildman–Crippen LogP) is 8.64. The first-order valence-electron chi connectivity index (χ1n) is 15.8. The first-order valence-corrected chi connectivity index (χ1v) is 16.6. The second-order valence-corrected chi connectivity index (χ2v) is 12.0. The number of fused-ring (bicyclic) bond motifs is 2. The maximum Gasteiger partial charge on any atom is 0.219 e. The lowest BCUT2D eigenvalue weighted by Gasteiger charge is -2.28. The predicted molar refractivity (Wildman–Crippen MR) is 181 cm³/mol. The van der Waals surface area contributed by atoms with Gasteiger partial charge in [0.15, 0.2) is 0 Å². The standard InChI is InChI=1S/C19H18N2OS.C16H23NO.C2H6/c20-19(22)13-18(15-7-2-1-3-8-15)21-23-17-11-10-14-6-4-5-9-16(14)12-17;1-13-7-10-18-16-11-14(5-6-15(13)16)12-17-8-3-2-4-9-17;1-2/h1-12,18,21H,13H2,(H2,20,22);5-6,11,13H,2-4,7-10,12H2,1H3;1-2H3/t18-;;/m1../s1. The molecule has 6 heteroatoms. The molecule has 2 aliphatic heterocycles. The molecule has 0 radical (unpaired) electrons. The van der Waals surface area contributed by atoms with Gasteiger partial charge in [0.1, 0.15) is 5.75 Å². The first kappa shape index (κ1) is 32.6. The number of carbonyl (C=O) groups is 1. The second kappa shape index (κ2) is 17.1. The Bertz CT molecular complexity index is 1420. The Labute approximate surface area is 262 Å². The average molecular weight is 598 g/mol. The van der Waals surface area contributed by atoms with E-state index in [4.69, 9.17) is 10.5 Å². The summed E-state index contributed by atoms with van der Waals surface area (Å²) >= 11 is 1.52. The zero-order chi connectivity index (χ0) is 30.4. The molecule has 2 atom stereocenters. The maximum absolute atomic E-state index is 11.3. The Balaban J connectivity index is 0.000000191. The number of nitrogens with zero attached hydrogens (tertiary/aromatic N) is 1. The number of rotatable bonds is 8. The molecule has 3 N–H and O–H groups in total. The highest BCUT2D eigenvalue weighted by Gasteiger charge is 2.19. The molecular formula is C37H47N3O2S. The lowest BCUT2D eigenvalue weighted by molar-refractivity contribution is -0.118. The van der Waals surface area contributed by atoms with Crippen LogP contribution in [0.2, 0.25) is 0 Å². The van der Waals surface area contributed by atoms with Gasteiger partial charge in [-0.1, -0.05) is 100.0 Å². The highest BCUT2D eigenvalue weighted by molar-refractivity contribution is 7.97. The number of nitrogens with two attached hydrogens (primary N) is 1. The van der Waals surface area contributed by atoms with E-state index in [1.54, 1.807) is 0 Å². The monoisotopic (exact) mass is 597 g/mol. The van der Waals surface area contributed by atoms with Crippen molar-refractivity contribution in [1.29, 1.82) is 0 Å². The molecule has 1 amide bonds. The van der Waals surface area contributed by atoms with Crippen molar-refractivity contribution in [3.63, 3.8) is 0 Å². The summed E-state index contributed by atoms with van der Waals surface area (Å²) in [6, 6.07) is 31.2. The molecule has 1 saturated heterocycles. The van der Waals surface area contributed by atoms with Gasteiger partial charge in [0.25, 0.3) is 0 Å². The molecule has 1 unspecified atom stereocenters. The lowest BCUT2D eigenvalue weighted by Crippen LogP contribution is -2.29. The molecule has 1 fully saturated rings. The number of likely N-dealkylation sites (tertiary alicyclic amines) is 1. The van der Waals surface area contributed by atoms with Crippen LogP contribution in [0.4, 0.5) is 0 Å². The van der Waals surface area contributed by atoms with Gasteiger partial charge in [-0.3, -0.25) is 14.4 Å². The topological polar surface area (TPSA) is 67.6 Å². The van der Waals surface area contributed by atoms with Crippen molar-refractivity contribution in [2.45, 2.75) is 76.3 Å². The molecule has 2 aliphatic rings. The van der Waals surface area contributed by atoms with E-state index in [0.717, 1.165) is 35.8 Å². The van der Waals surface area contributed by atoms with Gasteiger partial charge >= 0.3 is 0 Å². The summed E-state index contributed by atoms with van der Waals surface area (Å²) in [6.45, 7) is 10.8. The number of piperidine rings is 1. The van der Waals surface area contributed by atoms with Crippen molar-refractivity contribution in [1.82, 2.24) is 9.62 Å². The molecule has 228 valence electrons. The fraction of sp³-hybridized carbons (Fsp3) is 0.378. The van der Waals surface area contributed by atoms with E-state index in [0.29, 0.717) is 5.92 Å². The van der Waals surface area contributed by atoms with E-state index < -0.39 is 0 Å². The van der Waals surface area contributed by atoms with Crippen LogP contribution in [0.15, 0.2) is 95.9 Å². The maximum atomic E-state index is 11.3. The van der Waals surface area contributed by atoms with E-state index >= 15 is 0 Å². The molecule has 0 saturated carbocycles. The molecule has 4 aromatic carbocycles. The number of hydrogen-bond donors (Lipinski definition) is 2. The molecule has 6 rings (SSSR count). The molecule has 5 nitrogen and oxygen atoms in total. The molecule has 4 aromatic rings. The Morgan fingerprint density at radius 2 is 1.65 bits per heavy atom. The molecule has 0 aromatic heterocycles. The number of carbonyl (C=O) groups excluding carboxylic acids is 1. The third-order valence-electron chi connectivity index (χ3n) is 7.92. The number of amides is 1. The minimum Gasteiger partial charge on any atom is -0.493 e. The van der Waals surface area contributed by atoms with Gasteiger partial charge < -0.3 is 10.5 Å². The van der Waals surface area contributed by atoms with Crippen LogP contribution in [0.25, 0.3) is 10.8 Å². The summed E-state index contributed by atoms with van der Waals surface area (Å²) in [5.41, 5.74) is 9.24. The van der Waals surface area contributed by atoms with E-state index in [2.05, 4.69) is 65.1 Å². The summed E-state index contributed by atoms with van der Waals surface area (Å²) < 4.78 is 9.17. The van der Waals surface area contributed by atoms with E-state index in [-0.39, 0.29) is 18.4 Å². The summed E-state index contributed by atoms with van der Waals surface area (Å²) in [5, 5.41) is 2.42. The highest BCUT2D eigenvalue weighted by atomic mass is 32.2. The van der Waals surface area contributed by atoms with Crippen LogP contribution in [0.1, 0.15) is 81.5 Å². The summed E-state index contributed by atoms with van der Waals surface area (Å²) in [6.07, 6.45) is 5.54. The van der Waals surface area contributed by atoms with E-state index in [1.807, 2.05) is 56.3 Å². The fourth-order valence-electron chi connectivity index (χ4n) is 5.57. The van der Waals surface area contributed by atoms with Crippen molar-refractivity contribution in [3.8, 4) is 5.75 Å². The van der Waals surface area contributed by atoms with Crippen molar-refractivity contribution in [2.75, 3.05) is 19.7 Å². The quantitative estimate of drug-likeness (QED) is 0.199. The van der Waals surface area contributed by atoms with Crippen molar-refractivity contribution in [3.05, 3.63) is 108 Å². The summed E-state index contributed by atoms with van der Waals surface area (Å²) in [7, 11) is 0. The molecule has 0 aliphatic carbocycles. The third-order valence-corrected chi connectivity index (χ3v) is 8.81. The number of benzene rings is 4. The SMILES string of the molecule is CC.CC1CCOc2cc(CN3CCCCC3)ccc21.NC(=O)C[C@@H](NSc1ccc2ccccc2c1)c1ccccc1. The van der Waals surface area contributed by atoms with Crippen LogP contribution in [0, 0.1) is 0 Å². The molecule has 0 bridgehead atoms. The Morgan fingerprint density at radius 3 is 2.40 bits per heavy atom. The molecule has 2 heterocycles. The van der Waals surface area contributed by atoms with E-state index in [9.17, 15) is 4.79 Å². The minimum atomic E-state index is -0.314. The van der Waals surface area contributed by atoms with Crippen LogP contribution < -0.4 is 15.2 Å². The highest BCUT2D eigenvalue weighted by Crippen LogP contribution is 2.34. The fourth-order valence-corrected chi connectivity index (χ4v) is 6.39. The van der Waals surface area contributed by atoms with Gasteiger partial charge in [-0.15, -0.1) is 0 Å². The number of nitrogens with one attached hydrogen (secondary N) is 1. The van der Waals surface area contributed by atoms with Crippen LogP contribution in [0.5, 0.6) is 5.75 Å². The second-order valence-electron chi connectivity index (χ2n) is 11.1. The van der Waals surface area contributed by atoms with Crippen molar-refractivity contribution in [2.24, 2.45) is 5.73 Å². The molecule has 43 heavy (non-hydrogen) atoms. The van der Waals surface area contributed by atoms with Gasteiger partial charge in [-0.25, -0.2) is 0 Å². The normalized spacial score (nSPS) is 16.9. The Kier molecular flexibility index (Phi) is 13.0. The number of hydrogen-bond acceptors (Lipinski definition) is 5. The van der Waals surface area contributed by atoms with Crippen molar-refractivity contribution >= 4 is 28.6 Å². The lowest BCUT2D eigenvalue weighted by atomic mass is 9.94. The molecule has 0 spiro atoms. The number of ether oxygens (including phenoxy) is 1. The third kappa shape index (κ3) is 9.85.